The Balaban J connectivity index is 2.23. The number of unbranched alkanes of at least 4 members (excludes halogenated alkanes) is 1. The van der Waals surface area contributed by atoms with Crippen LogP contribution in [0.1, 0.15) is 57.6 Å². The number of alkyl carbamates (subject to hydrolysis) is 1. The summed E-state index contributed by atoms with van der Waals surface area (Å²) in [7, 11) is 0. The van der Waals surface area contributed by atoms with Crippen LogP contribution in [0.3, 0.4) is 0 Å². The quantitative estimate of drug-likeness (QED) is 0.238. The van der Waals surface area contributed by atoms with Crippen LogP contribution in [0.4, 0.5) is 18.0 Å². The van der Waals surface area contributed by atoms with E-state index in [1.807, 2.05) is 0 Å². The molecule has 0 heterocycles. The van der Waals surface area contributed by atoms with Crippen LogP contribution in [0.25, 0.3) is 0 Å². The maximum atomic E-state index is 13.5. The molecule has 230 valence electrons. The van der Waals surface area contributed by atoms with Crippen LogP contribution < -0.4 is 16.0 Å². The van der Waals surface area contributed by atoms with E-state index >= 15 is 0 Å². The second-order valence-electron chi connectivity index (χ2n) is 10.9. The van der Waals surface area contributed by atoms with Crippen LogP contribution in [0, 0.1) is 0 Å². The van der Waals surface area contributed by atoms with E-state index in [0.717, 1.165) is 5.56 Å². The van der Waals surface area contributed by atoms with Crippen molar-refractivity contribution in [3.05, 3.63) is 71.8 Å². The Morgan fingerprint density at radius 2 is 1.19 bits per heavy atom. The number of carbonyl (C=O) groups is 4. The van der Waals surface area contributed by atoms with Gasteiger partial charge in [-0.25, -0.2) is 9.59 Å². The molecular formula is C30H38F3N3O6. The molecule has 3 unspecified atom stereocenters. The number of ether oxygens (including phenoxy) is 1. The molecule has 2 rings (SSSR count). The lowest BCUT2D eigenvalue weighted by atomic mass is 10.0. The third-order valence-electron chi connectivity index (χ3n) is 6.02. The van der Waals surface area contributed by atoms with Crippen LogP contribution >= 0.6 is 0 Å². The number of carbonyl (C=O) groups excluding carboxylic acids is 3. The van der Waals surface area contributed by atoms with Gasteiger partial charge in [0.05, 0.1) is 0 Å². The Morgan fingerprint density at radius 3 is 1.62 bits per heavy atom. The number of benzene rings is 2. The minimum absolute atomic E-state index is 0.0106. The zero-order valence-electron chi connectivity index (χ0n) is 23.9. The van der Waals surface area contributed by atoms with Crippen molar-refractivity contribution in [2.75, 3.05) is 0 Å². The minimum Gasteiger partial charge on any atom is -0.480 e. The summed E-state index contributed by atoms with van der Waals surface area (Å²) in [4.78, 5) is 51.1. The topological polar surface area (TPSA) is 134 Å². The lowest BCUT2D eigenvalue weighted by Crippen LogP contribution is -2.57. The molecule has 2 aromatic carbocycles. The summed E-state index contributed by atoms with van der Waals surface area (Å²) in [6.07, 6.45) is -6.79. The molecule has 3 atom stereocenters. The summed E-state index contributed by atoms with van der Waals surface area (Å²) in [5, 5.41) is 17.1. The molecule has 0 aliphatic heterocycles. The number of aliphatic carboxylic acids is 1. The van der Waals surface area contributed by atoms with Crippen molar-refractivity contribution >= 4 is 23.9 Å². The fourth-order valence-corrected chi connectivity index (χ4v) is 4.04. The summed E-state index contributed by atoms with van der Waals surface area (Å²) in [6.45, 7) is 5.00. The molecule has 0 radical (unpaired) electrons. The van der Waals surface area contributed by atoms with Crippen molar-refractivity contribution in [2.45, 2.75) is 89.2 Å². The predicted octanol–water partition coefficient (Wildman–Crippen LogP) is 4.54. The third kappa shape index (κ3) is 13.5. The lowest BCUT2D eigenvalue weighted by molar-refractivity contribution is -0.142. The maximum Gasteiger partial charge on any atom is 0.408 e. The average molecular weight is 594 g/mol. The van der Waals surface area contributed by atoms with Crippen LogP contribution in [-0.4, -0.2) is 58.9 Å². The molecule has 42 heavy (non-hydrogen) atoms. The Kier molecular flexibility index (Phi) is 12.8. The van der Waals surface area contributed by atoms with Gasteiger partial charge in [-0.2, -0.15) is 13.2 Å². The molecule has 2 aromatic rings. The smallest absolute Gasteiger partial charge is 0.408 e. The summed E-state index contributed by atoms with van der Waals surface area (Å²) in [5.41, 5.74) is 0.553. The lowest BCUT2D eigenvalue weighted by Gasteiger charge is -2.26. The molecular weight excluding hydrogens is 555 g/mol. The van der Waals surface area contributed by atoms with Crippen molar-refractivity contribution < 1.29 is 42.2 Å². The van der Waals surface area contributed by atoms with Crippen LogP contribution in [0.5, 0.6) is 0 Å². The molecule has 0 saturated heterocycles. The van der Waals surface area contributed by atoms with Gasteiger partial charge in [0, 0.05) is 19.3 Å². The van der Waals surface area contributed by atoms with E-state index < -0.39 is 60.2 Å². The van der Waals surface area contributed by atoms with E-state index in [1.165, 1.54) is 0 Å². The zero-order chi connectivity index (χ0) is 31.3. The number of rotatable bonds is 14. The highest BCUT2D eigenvalue weighted by Crippen LogP contribution is 2.23. The van der Waals surface area contributed by atoms with Crippen molar-refractivity contribution in [3.8, 4) is 0 Å². The number of nitrogens with one attached hydrogen (secondary N) is 3. The monoisotopic (exact) mass is 593 g/mol. The van der Waals surface area contributed by atoms with Crippen molar-refractivity contribution in [2.24, 2.45) is 0 Å². The molecule has 12 heteroatoms. The largest absolute Gasteiger partial charge is 0.480 e. The first-order chi connectivity index (χ1) is 19.6. The number of amides is 3. The number of hydrogen-bond donors (Lipinski definition) is 4. The minimum atomic E-state index is -4.36. The Bertz CT molecular complexity index is 1170. The second-order valence-corrected chi connectivity index (χ2v) is 10.9. The van der Waals surface area contributed by atoms with E-state index in [1.54, 1.807) is 81.4 Å². The highest BCUT2D eigenvalue weighted by molar-refractivity contribution is 5.93. The molecule has 9 nitrogen and oxygen atoms in total. The molecule has 4 N–H and O–H groups in total. The van der Waals surface area contributed by atoms with Crippen LogP contribution in [0.15, 0.2) is 60.7 Å². The highest BCUT2D eigenvalue weighted by Gasteiger charge is 2.31. The molecule has 3 amide bonds. The maximum absolute atomic E-state index is 13.5. The molecule has 0 aliphatic rings. The van der Waals surface area contributed by atoms with E-state index in [2.05, 4.69) is 16.0 Å². The van der Waals surface area contributed by atoms with E-state index in [9.17, 15) is 37.5 Å². The van der Waals surface area contributed by atoms with Crippen molar-refractivity contribution in [3.63, 3.8) is 0 Å². The van der Waals surface area contributed by atoms with Gasteiger partial charge in [0.2, 0.25) is 11.8 Å². The van der Waals surface area contributed by atoms with Gasteiger partial charge in [0.15, 0.2) is 0 Å². The Morgan fingerprint density at radius 1 is 0.738 bits per heavy atom. The van der Waals surface area contributed by atoms with Crippen molar-refractivity contribution in [1.82, 2.24) is 16.0 Å². The van der Waals surface area contributed by atoms with Gasteiger partial charge < -0.3 is 25.8 Å². The number of alkyl halides is 3. The SMILES string of the molecule is CC(C)(C)OC(=O)NC(Cc1ccccc1)C(=O)NC(Cc1ccccc1)C(=O)NC(CCCCC(F)(F)F)C(=O)O. The number of halogens is 3. The first kappa shape index (κ1) is 34.1. The standard InChI is InChI=1S/C30H38F3N3O6/c1-29(2,3)42-28(41)36-24(19-21-14-8-5-9-15-21)26(38)35-23(18-20-12-6-4-7-13-20)25(37)34-22(27(39)40)16-10-11-17-30(31,32)33/h4-9,12-15,22-24H,10-11,16-19H2,1-3H3,(H,34,37)(H,35,38)(H,36,41)(H,39,40). The van der Waals surface area contributed by atoms with Gasteiger partial charge >= 0.3 is 18.2 Å². The number of carboxylic acids is 1. The van der Waals surface area contributed by atoms with E-state index in [0.29, 0.717) is 5.56 Å². The first-order valence-corrected chi connectivity index (χ1v) is 13.6. The van der Waals surface area contributed by atoms with Gasteiger partial charge in [-0.3, -0.25) is 9.59 Å². The molecule has 0 spiro atoms. The van der Waals surface area contributed by atoms with Crippen LogP contribution in [-0.2, 0) is 32.0 Å². The Hall–Kier alpha value is -4.09. The normalized spacial score (nSPS) is 13.8. The molecule has 0 aromatic heterocycles. The van der Waals surface area contributed by atoms with Gasteiger partial charge in [-0.05, 0) is 44.7 Å². The fraction of sp³-hybridized carbons (Fsp3) is 0.467. The van der Waals surface area contributed by atoms with Gasteiger partial charge in [-0.15, -0.1) is 0 Å². The van der Waals surface area contributed by atoms with Gasteiger partial charge in [0.1, 0.15) is 23.7 Å². The van der Waals surface area contributed by atoms with Gasteiger partial charge in [-0.1, -0.05) is 67.1 Å². The van der Waals surface area contributed by atoms with E-state index in [-0.39, 0.29) is 32.1 Å². The first-order valence-electron chi connectivity index (χ1n) is 13.6. The average Bonchev–Trinajstić information content (AvgIpc) is 2.89. The fourth-order valence-electron chi connectivity index (χ4n) is 4.04. The Labute approximate surface area is 243 Å². The molecule has 0 fully saturated rings. The van der Waals surface area contributed by atoms with E-state index in [4.69, 9.17) is 4.74 Å². The molecule has 0 saturated carbocycles. The predicted molar refractivity (Wildman–Crippen MR) is 149 cm³/mol. The molecule has 0 aliphatic carbocycles. The van der Waals surface area contributed by atoms with Gasteiger partial charge in [0.25, 0.3) is 0 Å². The summed E-state index contributed by atoms with van der Waals surface area (Å²) in [6, 6.07) is 13.7. The molecule has 0 bridgehead atoms. The number of carboxylic acid groups (broad SMARTS) is 1. The zero-order valence-corrected chi connectivity index (χ0v) is 23.9. The number of hydrogen-bond acceptors (Lipinski definition) is 5. The second kappa shape index (κ2) is 15.8. The summed E-state index contributed by atoms with van der Waals surface area (Å²) < 4.78 is 42.8. The third-order valence-corrected chi connectivity index (χ3v) is 6.02. The summed E-state index contributed by atoms with van der Waals surface area (Å²) in [5.74, 6) is -2.95. The van der Waals surface area contributed by atoms with Crippen molar-refractivity contribution in [1.29, 1.82) is 0 Å². The highest BCUT2D eigenvalue weighted by atomic mass is 19.4. The summed E-state index contributed by atoms with van der Waals surface area (Å²) >= 11 is 0. The van der Waals surface area contributed by atoms with Crippen LogP contribution in [0.2, 0.25) is 0 Å².